The number of allylic oxidation sites excluding steroid dienone is 1. The highest BCUT2D eigenvalue weighted by Crippen LogP contribution is 2.28. The second-order valence-electron chi connectivity index (χ2n) is 5.54. The Hall–Kier alpha value is -2.04. The third-order valence-electron chi connectivity index (χ3n) is 3.99. The molecule has 2 heterocycles. The molecule has 22 heavy (non-hydrogen) atoms. The molecule has 1 aromatic rings. The first-order chi connectivity index (χ1) is 10.7. The van der Waals surface area contributed by atoms with Crippen LogP contribution in [0.2, 0.25) is 0 Å². The molecule has 1 aromatic heterocycles. The lowest BCUT2D eigenvalue weighted by Gasteiger charge is -2.24. The van der Waals surface area contributed by atoms with Gasteiger partial charge in [0.2, 0.25) is 0 Å². The molecule has 0 spiro atoms. The first-order valence-corrected chi connectivity index (χ1v) is 8.04. The van der Waals surface area contributed by atoms with E-state index >= 15 is 0 Å². The topological polar surface area (TPSA) is 58.4 Å². The molecule has 1 aliphatic rings. The minimum absolute atomic E-state index is 0.0590. The first-order valence-electron chi connectivity index (χ1n) is 8.04. The summed E-state index contributed by atoms with van der Waals surface area (Å²) in [6, 6.07) is -0.0909. The van der Waals surface area contributed by atoms with Gasteiger partial charge in [0, 0.05) is 31.1 Å². The van der Waals surface area contributed by atoms with Crippen molar-refractivity contribution in [3.05, 3.63) is 42.2 Å². The van der Waals surface area contributed by atoms with Gasteiger partial charge in [-0.05, 0) is 19.3 Å². The molecular weight excluding hydrogens is 278 g/mol. The lowest BCUT2D eigenvalue weighted by Crippen LogP contribution is -2.35. The van der Waals surface area contributed by atoms with Gasteiger partial charge < -0.3 is 14.6 Å². The molecule has 0 bridgehead atoms. The average molecular weight is 303 g/mol. The van der Waals surface area contributed by atoms with E-state index in [1.165, 1.54) is 0 Å². The third kappa shape index (κ3) is 3.59. The van der Waals surface area contributed by atoms with Crippen molar-refractivity contribution in [3.8, 4) is 0 Å². The van der Waals surface area contributed by atoms with E-state index in [2.05, 4.69) is 24.1 Å². The van der Waals surface area contributed by atoms with Crippen LogP contribution in [-0.4, -0.2) is 38.1 Å². The summed E-state index contributed by atoms with van der Waals surface area (Å²) < 4.78 is 2.00. The maximum absolute atomic E-state index is 12.3. The zero-order valence-electron chi connectivity index (χ0n) is 13.4. The van der Waals surface area contributed by atoms with Gasteiger partial charge in [-0.1, -0.05) is 32.4 Å². The standard InChI is InChI=1S/C17H25N3O2/c1-3-5-6-8-15-14(4-2)16(21)17(22)20(15)11-7-10-19-12-9-18-13-19/h6,8-9,12-13,15,21H,3-5,7,10-11H2,1-2H3. The zero-order valence-corrected chi connectivity index (χ0v) is 13.4. The van der Waals surface area contributed by atoms with Gasteiger partial charge in [0.25, 0.3) is 5.91 Å². The number of aromatic nitrogens is 2. The largest absolute Gasteiger partial charge is 0.503 e. The monoisotopic (exact) mass is 303 g/mol. The van der Waals surface area contributed by atoms with Crippen molar-refractivity contribution in [1.82, 2.24) is 14.5 Å². The molecule has 1 atom stereocenters. The Balaban J connectivity index is 2.01. The maximum atomic E-state index is 12.3. The van der Waals surface area contributed by atoms with Gasteiger partial charge in [-0.15, -0.1) is 0 Å². The van der Waals surface area contributed by atoms with E-state index in [9.17, 15) is 9.90 Å². The van der Waals surface area contributed by atoms with Crippen LogP contribution in [0, 0.1) is 0 Å². The van der Waals surface area contributed by atoms with Gasteiger partial charge in [-0.25, -0.2) is 4.98 Å². The van der Waals surface area contributed by atoms with Crippen molar-refractivity contribution in [3.63, 3.8) is 0 Å². The molecule has 5 heteroatoms. The van der Waals surface area contributed by atoms with Gasteiger partial charge in [0.15, 0.2) is 5.76 Å². The number of rotatable bonds is 8. The fraction of sp³-hybridized carbons (Fsp3) is 0.529. The Morgan fingerprint density at radius 3 is 2.82 bits per heavy atom. The van der Waals surface area contributed by atoms with Gasteiger partial charge in [-0.2, -0.15) is 0 Å². The van der Waals surface area contributed by atoms with E-state index in [0.717, 1.165) is 31.4 Å². The summed E-state index contributed by atoms with van der Waals surface area (Å²) in [6.07, 6.45) is 13.2. The highest BCUT2D eigenvalue weighted by molar-refractivity contribution is 5.95. The van der Waals surface area contributed by atoms with Crippen LogP contribution in [0.25, 0.3) is 0 Å². The van der Waals surface area contributed by atoms with Crippen molar-refractivity contribution in [1.29, 1.82) is 0 Å². The quantitative estimate of drug-likeness (QED) is 0.751. The molecule has 2 rings (SSSR count). The Morgan fingerprint density at radius 2 is 2.18 bits per heavy atom. The lowest BCUT2D eigenvalue weighted by molar-refractivity contribution is -0.128. The second kappa shape index (κ2) is 7.82. The van der Waals surface area contributed by atoms with Crippen molar-refractivity contribution >= 4 is 5.91 Å². The van der Waals surface area contributed by atoms with Crippen LogP contribution in [0.3, 0.4) is 0 Å². The van der Waals surface area contributed by atoms with E-state index in [1.54, 1.807) is 17.4 Å². The molecule has 0 aromatic carbocycles. The SMILES string of the molecule is CCCC=CC1C(CC)=C(O)C(=O)N1CCCn1ccnc1. The average Bonchev–Trinajstić information content (AvgIpc) is 3.10. The summed E-state index contributed by atoms with van der Waals surface area (Å²) in [5.41, 5.74) is 0.833. The molecule has 0 saturated carbocycles. The number of carbonyl (C=O) groups excluding carboxylic acids is 1. The summed E-state index contributed by atoms with van der Waals surface area (Å²) in [4.78, 5) is 18.1. The lowest BCUT2D eigenvalue weighted by atomic mass is 10.0. The number of nitrogens with zero attached hydrogens (tertiary/aromatic N) is 3. The first kappa shape index (κ1) is 16.3. The van der Waals surface area contributed by atoms with E-state index in [4.69, 9.17) is 0 Å². The van der Waals surface area contributed by atoms with Gasteiger partial charge in [-0.3, -0.25) is 4.79 Å². The van der Waals surface area contributed by atoms with Crippen LogP contribution in [0.1, 0.15) is 39.5 Å². The molecule has 120 valence electrons. The molecule has 0 fully saturated rings. The van der Waals surface area contributed by atoms with E-state index < -0.39 is 0 Å². The van der Waals surface area contributed by atoms with E-state index in [-0.39, 0.29) is 17.7 Å². The maximum Gasteiger partial charge on any atom is 0.289 e. The number of hydrogen-bond donors (Lipinski definition) is 1. The van der Waals surface area contributed by atoms with Gasteiger partial charge in [0.05, 0.1) is 12.4 Å². The molecule has 0 radical (unpaired) electrons. The number of carbonyl (C=O) groups is 1. The molecule has 1 N–H and O–H groups in total. The Kier molecular flexibility index (Phi) is 5.81. The molecule has 0 aliphatic carbocycles. The van der Waals surface area contributed by atoms with Crippen LogP contribution < -0.4 is 0 Å². The van der Waals surface area contributed by atoms with E-state index in [1.807, 2.05) is 17.7 Å². The zero-order chi connectivity index (χ0) is 15.9. The Morgan fingerprint density at radius 1 is 1.36 bits per heavy atom. The number of aliphatic hydroxyl groups excluding tert-OH is 1. The highest BCUT2D eigenvalue weighted by Gasteiger charge is 2.36. The van der Waals surface area contributed by atoms with Gasteiger partial charge >= 0.3 is 0 Å². The molecule has 5 nitrogen and oxygen atoms in total. The highest BCUT2D eigenvalue weighted by atomic mass is 16.3. The van der Waals surface area contributed by atoms with Crippen molar-refractivity contribution in [2.24, 2.45) is 0 Å². The van der Waals surface area contributed by atoms with Crippen LogP contribution in [0.5, 0.6) is 0 Å². The predicted molar refractivity (Wildman–Crippen MR) is 86.3 cm³/mol. The summed E-state index contributed by atoms with van der Waals surface area (Å²) in [5.74, 6) is -0.301. The fourth-order valence-electron chi connectivity index (χ4n) is 2.80. The molecule has 1 aliphatic heterocycles. The molecular formula is C17H25N3O2. The van der Waals surface area contributed by atoms with Gasteiger partial charge in [0.1, 0.15) is 0 Å². The molecule has 0 saturated heterocycles. The smallest absolute Gasteiger partial charge is 0.289 e. The van der Waals surface area contributed by atoms with Crippen molar-refractivity contribution < 1.29 is 9.90 Å². The summed E-state index contributed by atoms with van der Waals surface area (Å²) in [5, 5.41) is 10.1. The van der Waals surface area contributed by atoms with Crippen LogP contribution in [0.4, 0.5) is 0 Å². The van der Waals surface area contributed by atoms with E-state index in [0.29, 0.717) is 13.0 Å². The van der Waals surface area contributed by atoms with Crippen LogP contribution in [0.15, 0.2) is 42.2 Å². The second-order valence-corrected chi connectivity index (χ2v) is 5.54. The minimum Gasteiger partial charge on any atom is -0.503 e. The molecule has 1 amide bonds. The third-order valence-corrected chi connectivity index (χ3v) is 3.99. The summed E-state index contributed by atoms with van der Waals surface area (Å²) >= 11 is 0. The normalized spacial score (nSPS) is 18.9. The predicted octanol–water partition coefficient (Wildman–Crippen LogP) is 3.06. The fourth-order valence-corrected chi connectivity index (χ4v) is 2.80. The number of imidazole rings is 1. The number of unbranched alkanes of at least 4 members (excludes halogenated alkanes) is 1. The number of amides is 1. The Labute approximate surface area is 132 Å². The van der Waals surface area contributed by atoms with Crippen LogP contribution in [-0.2, 0) is 11.3 Å². The van der Waals surface area contributed by atoms with Crippen LogP contribution >= 0.6 is 0 Å². The minimum atomic E-state index is -0.242. The number of aryl methyl sites for hydroxylation is 1. The van der Waals surface area contributed by atoms with Crippen molar-refractivity contribution in [2.75, 3.05) is 6.54 Å². The molecule has 1 unspecified atom stereocenters. The Bertz CT molecular complexity index is 546. The number of hydrogen-bond acceptors (Lipinski definition) is 3. The summed E-state index contributed by atoms with van der Waals surface area (Å²) in [6.45, 7) is 5.55. The van der Waals surface area contributed by atoms with Crippen molar-refractivity contribution in [2.45, 2.75) is 52.1 Å². The number of aliphatic hydroxyl groups is 1. The summed E-state index contributed by atoms with van der Waals surface area (Å²) in [7, 11) is 0.